The quantitative estimate of drug-likeness (QED) is 0.0650. The lowest BCUT2D eigenvalue weighted by Crippen LogP contribution is -2.36. The molecule has 2 fully saturated rings. The Labute approximate surface area is 317 Å². The van der Waals surface area contributed by atoms with Gasteiger partial charge in [-0.3, -0.25) is 24.2 Å². The molecular formula is C42H56N2O10. The van der Waals surface area contributed by atoms with Gasteiger partial charge in [0.15, 0.2) is 11.5 Å². The Balaban J connectivity index is 1.45. The van der Waals surface area contributed by atoms with E-state index in [0.717, 1.165) is 49.9 Å². The minimum absolute atomic E-state index is 0.0662. The van der Waals surface area contributed by atoms with Gasteiger partial charge in [0.05, 0.1) is 25.7 Å². The maximum absolute atomic E-state index is 14.5. The summed E-state index contributed by atoms with van der Waals surface area (Å²) in [6, 6.07) is 2.48. The third-order valence-corrected chi connectivity index (χ3v) is 10.4. The first-order valence-electron chi connectivity index (χ1n) is 19.2. The molecule has 2 aromatic carbocycles. The molecule has 0 aliphatic carbocycles. The standard InChI is InChI=1S/C42H56N2O10/c1-26(2)14-16-28-32(52-22-8-6-18-43-20-10-12-30(43)41(47)48)24-34-37(38(28)45)39(46)36-29(17-15-27(3)4)40(51-5)35(25-33(36)54-34)53-23-9-7-19-44-21-11-13-31(44)42(49)50/h14-15,24-25,30-31,45H,6-13,16-23H2,1-5H3,(H,47,48)(H,49,50)/t30-,31-/m1/s1. The average Bonchev–Trinajstić information content (AvgIpc) is 3.80. The highest BCUT2D eigenvalue weighted by atomic mass is 16.5. The van der Waals surface area contributed by atoms with Crippen molar-refractivity contribution < 1.29 is 43.5 Å². The van der Waals surface area contributed by atoms with Gasteiger partial charge in [-0.25, -0.2) is 0 Å². The van der Waals surface area contributed by atoms with Crippen molar-refractivity contribution in [2.45, 2.75) is 104 Å². The van der Waals surface area contributed by atoms with E-state index in [9.17, 15) is 29.7 Å². The average molecular weight is 749 g/mol. The largest absolute Gasteiger partial charge is 0.507 e. The molecule has 54 heavy (non-hydrogen) atoms. The van der Waals surface area contributed by atoms with Gasteiger partial charge in [0.25, 0.3) is 0 Å². The summed E-state index contributed by atoms with van der Waals surface area (Å²) in [5.41, 5.74) is 3.28. The van der Waals surface area contributed by atoms with Crippen LogP contribution in [0.3, 0.4) is 0 Å². The highest BCUT2D eigenvalue weighted by Gasteiger charge is 2.31. The molecule has 2 aliphatic heterocycles. The van der Waals surface area contributed by atoms with Gasteiger partial charge in [-0.15, -0.1) is 0 Å². The van der Waals surface area contributed by atoms with Gasteiger partial charge in [-0.2, -0.15) is 0 Å². The number of carbonyl (C=O) groups is 2. The molecule has 1 aromatic heterocycles. The van der Waals surface area contributed by atoms with E-state index >= 15 is 0 Å². The number of aliphatic carboxylic acids is 2. The molecule has 0 unspecified atom stereocenters. The van der Waals surface area contributed by atoms with Crippen molar-refractivity contribution in [2.75, 3.05) is 46.5 Å². The number of methoxy groups -OCH3 is 1. The topological polar surface area (TPSA) is 159 Å². The second kappa shape index (κ2) is 18.7. The zero-order valence-electron chi connectivity index (χ0n) is 32.4. The van der Waals surface area contributed by atoms with Crippen LogP contribution in [-0.2, 0) is 22.4 Å². The molecule has 3 aromatic rings. The number of nitrogens with zero attached hydrogens (tertiary/aromatic N) is 2. The minimum atomic E-state index is -0.778. The molecule has 0 amide bonds. The van der Waals surface area contributed by atoms with Crippen LogP contribution in [0.25, 0.3) is 21.9 Å². The van der Waals surface area contributed by atoms with Crippen LogP contribution in [0.1, 0.15) is 90.2 Å². The second-order valence-corrected chi connectivity index (χ2v) is 14.9. The maximum Gasteiger partial charge on any atom is 0.320 e. The van der Waals surface area contributed by atoms with Crippen molar-refractivity contribution in [3.05, 3.63) is 56.8 Å². The van der Waals surface area contributed by atoms with Crippen molar-refractivity contribution in [2.24, 2.45) is 0 Å². The number of fused-ring (bicyclic) bond motifs is 2. The molecule has 3 heterocycles. The Kier molecular flexibility index (Phi) is 14.0. The number of aromatic hydroxyl groups is 1. The second-order valence-electron chi connectivity index (χ2n) is 14.9. The Morgan fingerprint density at radius 2 is 1.28 bits per heavy atom. The number of benzene rings is 2. The van der Waals surface area contributed by atoms with Crippen LogP contribution in [0.4, 0.5) is 0 Å². The van der Waals surface area contributed by atoms with Gasteiger partial charge < -0.3 is 33.9 Å². The highest BCUT2D eigenvalue weighted by Crippen LogP contribution is 2.42. The van der Waals surface area contributed by atoms with Crippen LogP contribution in [-0.4, -0.2) is 95.6 Å². The van der Waals surface area contributed by atoms with E-state index in [4.69, 9.17) is 18.6 Å². The monoisotopic (exact) mass is 748 g/mol. The molecule has 3 N–H and O–H groups in total. The molecule has 2 aliphatic rings. The summed E-state index contributed by atoms with van der Waals surface area (Å²) in [5, 5.41) is 31.2. The van der Waals surface area contributed by atoms with Gasteiger partial charge in [-0.1, -0.05) is 23.3 Å². The van der Waals surface area contributed by atoms with Crippen molar-refractivity contribution in [3.63, 3.8) is 0 Å². The van der Waals surface area contributed by atoms with Crippen molar-refractivity contribution in [1.82, 2.24) is 9.80 Å². The lowest BCUT2D eigenvalue weighted by Gasteiger charge is -2.21. The number of rotatable bonds is 19. The number of likely N-dealkylation sites (tertiary alicyclic amines) is 2. The van der Waals surface area contributed by atoms with Crippen LogP contribution in [0.2, 0.25) is 0 Å². The summed E-state index contributed by atoms with van der Waals surface area (Å²) in [7, 11) is 1.54. The zero-order valence-corrected chi connectivity index (χ0v) is 32.4. The van der Waals surface area contributed by atoms with Gasteiger partial charge in [0.1, 0.15) is 40.1 Å². The van der Waals surface area contributed by atoms with E-state index in [2.05, 4.69) is 0 Å². The summed E-state index contributed by atoms with van der Waals surface area (Å²) >= 11 is 0. The van der Waals surface area contributed by atoms with Gasteiger partial charge in [-0.05, 0) is 118 Å². The first kappa shape index (κ1) is 40.6. The minimum Gasteiger partial charge on any atom is -0.507 e. The smallest absolute Gasteiger partial charge is 0.320 e. The number of phenolic OH excluding ortho intramolecular Hbond substituents is 1. The Bertz CT molecular complexity index is 1940. The van der Waals surface area contributed by atoms with Gasteiger partial charge in [0.2, 0.25) is 5.43 Å². The summed E-state index contributed by atoms with van der Waals surface area (Å²) in [6.07, 6.45) is 10.7. The molecule has 12 heteroatoms. The SMILES string of the molecule is COc1c(OCCCCN2CCC[C@@H]2C(=O)O)cc2oc3cc(OCCCCN4CCC[C@@H]4C(=O)O)c(CC=C(C)C)c(O)c3c(=O)c2c1CC=C(C)C. The molecule has 2 atom stereocenters. The summed E-state index contributed by atoms with van der Waals surface area (Å²) in [6.45, 7) is 11.5. The van der Waals surface area contributed by atoms with Crippen LogP contribution in [0.5, 0.6) is 23.0 Å². The van der Waals surface area contributed by atoms with E-state index in [0.29, 0.717) is 104 Å². The van der Waals surface area contributed by atoms with E-state index < -0.39 is 24.0 Å². The number of phenols is 1. The van der Waals surface area contributed by atoms with Crippen LogP contribution in [0, 0.1) is 0 Å². The summed E-state index contributed by atoms with van der Waals surface area (Å²) in [4.78, 5) is 41.7. The number of hydrogen-bond acceptors (Lipinski definition) is 10. The van der Waals surface area contributed by atoms with Crippen LogP contribution in [0.15, 0.2) is 44.6 Å². The number of unbranched alkanes of at least 4 members (excludes halogenated alkanes) is 2. The third kappa shape index (κ3) is 9.57. The number of ether oxygens (including phenoxy) is 3. The fourth-order valence-corrected chi connectivity index (χ4v) is 7.61. The zero-order chi connectivity index (χ0) is 38.9. The fraction of sp³-hybridized carbons (Fsp3) is 0.548. The molecule has 2 saturated heterocycles. The lowest BCUT2D eigenvalue weighted by atomic mass is 9.98. The molecule has 12 nitrogen and oxygen atoms in total. The lowest BCUT2D eigenvalue weighted by molar-refractivity contribution is -0.143. The Morgan fingerprint density at radius 3 is 1.80 bits per heavy atom. The van der Waals surface area contributed by atoms with Crippen molar-refractivity contribution in [3.8, 4) is 23.0 Å². The number of allylic oxidation sites excluding steroid dienone is 4. The van der Waals surface area contributed by atoms with E-state index in [1.54, 1.807) is 12.1 Å². The molecule has 294 valence electrons. The Morgan fingerprint density at radius 1 is 0.778 bits per heavy atom. The predicted molar refractivity (Wildman–Crippen MR) is 208 cm³/mol. The molecule has 0 bridgehead atoms. The van der Waals surface area contributed by atoms with Gasteiger partial charge in [0, 0.05) is 23.3 Å². The van der Waals surface area contributed by atoms with Crippen LogP contribution >= 0.6 is 0 Å². The van der Waals surface area contributed by atoms with E-state index in [1.165, 1.54) is 7.11 Å². The molecular weight excluding hydrogens is 692 g/mol. The first-order valence-corrected chi connectivity index (χ1v) is 19.2. The Hall–Kier alpha value is -4.55. The number of carboxylic acids is 2. The molecule has 0 radical (unpaired) electrons. The van der Waals surface area contributed by atoms with Crippen molar-refractivity contribution in [1.29, 1.82) is 0 Å². The predicted octanol–water partition coefficient (Wildman–Crippen LogP) is 7.09. The molecule has 0 spiro atoms. The fourth-order valence-electron chi connectivity index (χ4n) is 7.61. The highest BCUT2D eigenvalue weighted by molar-refractivity contribution is 5.98. The summed E-state index contributed by atoms with van der Waals surface area (Å²) < 4.78 is 24.8. The van der Waals surface area contributed by atoms with Crippen molar-refractivity contribution >= 4 is 33.9 Å². The van der Waals surface area contributed by atoms with E-state index in [1.807, 2.05) is 49.6 Å². The maximum atomic E-state index is 14.5. The van der Waals surface area contributed by atoms with Crippen LogP contribution < -0.4 is 19.6 Å². The number of hydrogen-bond donors (Lipinski definition) is 3. The third-order valence-electron chi connectivity index (χ3n) is 10.4. The molecule has 5 rings (SSSR count). The summed E-state index contributed by atoms with van der Waals surface area (Å²) in [5.74, 6) is -0.471. The molecule has 0 saturated carbocycles. The van der Waals surface area contributed by atoms with E-state index in [-0.39, 0.29) is 22.1 Å². The number of carboxylic acid groups (broad SMARTS) is 2. The van der Waals surface area contributed by atoms with Gasteiger partial charge >= 0.3 is 11.9 Å². The first-order chi connectivity index (χ1) is 25.9. The normalized spacial score (nSPS) is 17.6.